The zero-order chi connectivity index (χ0) is 40.6. The van der Waals surface area contributed by atoms with Gasteiger partial charge in [-0.15, -0.1) is 0 Å². The van der Waals surface area contributed by atoms with Crippen molar-refractivity contribution in [2.75, 3.05) is 13.1 Å². The molecule has 0 spiro atoms. The second kappa shape index (κ2) is 16.4. The third-order valence-corrected chi connectivity index (χ3v) is 12.6. The van der Waals surface area contributed by atoms with Crippen LogP contribution in [0.4, 0.5) is 4.79 Å². The minimum atomic E-state index is -0.969. The van der Waals surface area contributed by atoms with Crippen LogP contribution < -0.4 is 5.32 Å². The summed E-state index contributed by atoms with van der Waals surface area (Å²) in [5.74, 6) is -0.694. The number of aliphatic hydroxyl groups excluding tert-OH is 1. The lowest BCUT2D eigenvalue weighted by atomic mass is 9.65. The summed E-state index contributed by atoms with van der Waals surface area (Å²) in [5, 5.41) is 12.3. The van der Waals surface area contributed by atoms with E-state index in [1.54, 1.807) is 0 Å². The number of likely N-dealkylation sites (tertiary alicyclic amines) is 2. The fourth-order valence-corrected chi connectivity index (χ4v) is 10.1. The number of hydrogen-bond donors (Lipinski definition) is 2. The molecule has 4 aromatic rings. The monoisotopic (exact) mass is 785 g/mol. The van der Waals surface area contributed by atoms with Crippen LogP contribution in [0.1, 0.15) is 93.6 Å². The number of carbonyl (C=O) groups is 3. The number of carbonyl (C=O) groups excluding carboxylic acids is 3. The highest BCUT2D eigenvalue weighted by Crippen LogP contribution is 2.53. The Hall–Kier alpha value is -4.87. The van der Waals surface area contributed by atoms with E-state index in [1.165, 1.54) is 24.2 Å². The summed E-state index contributed by atoms with van der Waals surface area (Å²) < 4.78 is 19.0. The molecule has 4 fully saturated rings. The second-order valence-corrected chi connectivity index (χ2v) is 18.1. The zero-order valence-corrected chi connectivity index (χ0v) is 33.9. The highest BCUT2D eigenvalue weighted by molar-refractivity contribution is 6.06. The third-order valence-electron chi connectivity index (χ3n) is 12.6. The number of ether oxygens (including phenoxy) is 3. The van der Waals surface area contributed by atoms with E-state index in [0.717, 1.165) is 52.0 Å². The Morgan fingerprint density at radius 3 is 2.31 bits per heavy atom. The largest absolute Gasteiger partial charge is 0.445 e. The molecule has 1 aliphatic carbocycles. The van der Waals surface area contributed by atoms with Crippen LogP contribution in [0.3, 0.4) is 0 Å². The molecule has 4 aromatic carbocycles. The number of alkyl carbamates (subject to hydrolysis) is 1. The molecule has 10 heteroatoms. The highest BCUT2D eigenvalue weighted by Gasteiger charge is 2.51. The van der Waals surface area contributed by atoms with Gasteiger partial charge < -0.3 is 24.6 Å². The van der Waals surface area contributed by atoms with E-state index in [-0.39, 0.29) is 50.2 Å². The molecule has 304 valence electrons. The number of aliphatic hydroxyl groups is 1. The predicted molar refractivity (Wildman–Crippen MR) is 220 cm³/mol. The van der Waals surface area contributed by atoms with Gasteiger partial charge in [0.1, 0.15) is 12.6 Å². The molecule has 58 heavy (non-hydrogen) atoms. The number of rotatable bonds is 11. The van der Waals surface area contributed by atoms with E-state index in [1.807, 2.05) is 66.7 Å². The van der Waals surface area contributed by atoms with Crippen molar-refractivity contribution < 1.29 is 33.7 Å². The molecular formula is C48H55N3O7. The molecule has 3 heterocycles. The summed E-state index contributed by atoms with van der Waals surface area (Å²) in [6, 6.07) is 32.9. The molecule has 3 unspecified atom stereocenters. The van der Waals surface area contributed by atoms with Gasteiger partial charge in [0.25, 0.3) is 5.91 Å². The molecule has 0 aromatic heterocycles. The highest BCUT2D eigenvalue weighted by atomic mass is 16.7. The maximum atomic E-state index is 13.2. The van der Waals surface area contributed by atoms with Crippen molar-refractivity contribution in [2.45, 2.75) is 104 Å². The summed E-state index contributed by atoms with van der Waals surface area (Å²) >= 11 is 0. The Balaban J connectivity index is 0.946. The van der Waals surface area contributed by atoms with E-state index in [4.69, 9.17) is 14.2 Å². The average Bonchev–Trinajstić information content (AvgIpc) is 3.61. The fraction of sp³-hybridized carbons (Fsp3) is 0.438. The van der Waals surface area contributed by atoms with Gasteiger partial charge in [0.05, 0.1) is 31.8 Å². The first-order valence-electron chi connectivity index (χ1n) is 20.6. The van der Waals surface area contributed by atoms with Gasteiger partial charge in [-0.3, -0.25) is 19.4 Å². The fourth-order valence-electron chi connectivity index (χ4n) is 10.1. The van der Waals surface area contributed by atoms with Crippen molar-refractivity contribution in [3.05, 3.63) is 131 Å². The topological polar surface area (TPSA) is 118 Å². The molecular weight excluding hydrogens is 731 g/mol. The van der Waals surface area contributed by atoms with Crippen LogP contribution in [0.15, 0.2) is 103 Å². The molecule has 0 radical (unpaired) electrons. The van der Waals surface area contributed by atoms with E-state index >= 15 is 0 Å². The van der Waals surface area contributed by atoms with Gasteiger partial charge in [-0.1, -0.05) is 125 Å². The van der Waals surface area contributed by atoms with E-state index in [0.29, 0.717) is 16.9 Å². The first-order chi connectivity index (χ1) is 27.8. The average molecular weight is 786 g/mol. The summed E-state index contributed by atoms with van der Waals surface area (Å²) in [7, 11) is 0. The number of benzene rings is 4. The van der Waals surface area contributed by atoms with Gasteiger partial charge in [-0.2, -0.15) is 0 Å². The van der Waals surface area contributed by atoms with Gasteiger partial charge in [0.2, 0.25) is 5.91 Å². The van der Waals surface area contributed by atoms with E-state index in [9.17, 15) is 19.5 Å². The number of fused-ring (bicyclic) bond motifs is 2. The van der Waals surface area contributed by atoms with Crippen molar-refractivity contribution in [3.8, 4) is 11.1 Å². The Bertz CT molecular complexity index is 2110. The first-order valence-corrected chi connectivity index (χ1v) is 20.6. The lowest BCUT2D eigenvalue weighted by Crippen LogP contribution is -2.46. The Morgan fingerprint density at radius 2 is 1.57 bits per heavy atom. The van der Waals surface area contributed by atoms with Crippen LogP contribution in [-0.2, 0) is 43.6 Å². The Kier molecular flexibility index (Phi) is 11.3. The van der Waals surface area contributed by atoms with Gasteiger partial charge in [0.15, 0.2) is 6.29 Å². The second-order valence-electron chi connectivity index (χ2n) is 18.1. The lowest BCUT2D eigenvalue weighted by molar-refractivity contribution is -0.276. The minimum absolute atomic E-state index is 0.00317. The molecule has 2 N–H and O–H groups in total. The van der Waals surface area contributed by atoms with Crippen molar-refractivity contribution in [1.82, 2.24) is 15.1 Å². The quantitative estimate of drug-likeness (QED) is 0.147. The molecule has 10 nitrogen and oxygen atoms in total. The Morgan fingerprint density at radius 1 is 0.845 bits per heavy atom. The summed E-state index contributed by atoms with van der Waals surface area (Å²) in [6.07, 6.45) is 2.03. The lowest BCUT2D eigenvalue weighted by Gasteiger charge is -2.43. The van der Waals surface area contributed by atoms with Gasteiger partial charge in [0, 0.05) is 30.6 Å². The van der Waals surface area contributed by atoms with Crippen LogP contribution in [-0.4, -0.2) is 64.1 Å². The van der Waals surface area contributed by atoms with Crippen LogP contribution in [0.25, 0.3) is 11.1 Å². The SMILES string of the molecule is C[C@@H]1[C@H](CN2CC3(C)CC2CC(C)(C)C3)O[C@H](c2ccc(-c3cccc(CN4C(=O)CC(NC(=O)OCc5ccccc5)C4=O)c3)cc2)O[C@@H]1c1ccc(CO)cc1. The first kappa shape index (κ1) is 39.9. The third kappa shape index (κ3) is 8.76. The molecule has 2 bridgehead atoms. The summed E-state index contributed by atoms with van der Waals surface area (Å²) in [6.45, 7) is 11.6. The number of imide groups is 1. The van der Waals surface area contributed by atoms with Crippen molar-refractivity contribution in [3.63, 3.8) is 0 Å². The smallest absolute Gasteiger partial charge is 0.408 e. The zero-order valence-electron chi connectivity index (χ0n) is 33.9. The van der Waals surface area contributed by atoms with Gasteiger partial charge in [-0.05, 0) is 69.5 Å². The standard InChI is InChI=1S/C48H55N3O7/c1-31-41(26-50-30-48(4)24-39(50)23-47(2,3)29-48)57-45(58-43(31)36-15-13-32(27-52)14-16-36)37-19-17-35(18-20-37)38-12-8-11-34(21-38)25-51-42(53)22-40(44(51)54)49-46(55)56-28-33-9-6-5-7-10-33/h5-21,31,39-41,43,45,52H,22-30H2,1-4H3,(H,49,55)/t31-,39?,40?,41+,43+,45+,48?/m1/s1. The van der Waals surface area contributed by atoms with Crippen molar-refractivity contribution >= 4 is 17.9 Å². The number of amides is 3. The van der Waals surface area contributed by atoms with Crippen LogP contribution in [0.5, 0.6) is 0 Å². The maximum absolute atomic E-state index is 13.2. The van der Waals surface area contributed by atoms with Crippen LogP contribution >= 0.6 is 0 Å². The van der Waals surface area contributed by atoms with E-state index < -0.39 is 24.3 Å². The molecule has 7 atom stereocenters. The maximum Gasteiger partial charge on any atom is 0.408 e. The number of nitrogens with one attached hydrogen (secondary N) is 1. The molecule has 3 saturated heterocycles. The van der Waals surface area contributed by atoms with Crippen molar-refractivity contribution in [1.29, 1.82) is 0 Å². The molecule has 8 rings (SSSR count). The predicted octanol–water partition coefficient (Wildman–Crippen LogP) is 8.09. The number of nitrogens with zero attached hydrogens (tertiary/aromatic N) is 2. The molecule has 3 aliphatic heterocycles. The van der Waals surface area contributed by atoms with Crippen LogP contribution in [0, 0.1) is 16.7 Å². The summed E-state index contributed by atoms with van der Waals surface area (Å²) in [4.78, 5) is 42.5. The van der Waals surface area contributed by atoms with E-state index in [2.05, 4.69) is 74.3 Å². The van der Waals surface area contributed by atoms with Gasteiger partial charge >= 0.3 is 6.09 Å². The summed E-state index contributed by atoms with van der Waals surface area (Å²) in [5.41, 5.74) is 7.06. The van der Waals surface area contributed by atoms with Crippen molar-refractivity contribution in [2.24, 2.45) is 16.7 Å². The minimum Gasteiger partial charge on any atom is -0.445 e. The molecule has 3 amide bonds. The molecule has 1 saturated carbocycles. The number of hydrogen-bond acceptors (Lipinski definition) is 8. The normalized spacial score (nSPS) is 28.1. The molecule has 4 aliphatic rings. The van der Waals surface area contributed by atoms with Gasteiger partial charge in [-0.25, -0.2) is 4.79 Å². The van der Waals surface area contributed by atoms with Crippen LogP contribution in [0.2, 0.25) is 0 Å². The Labute approximate surface area is 341 Å².